The molecule has 0 aliphatic carbocycles. The van der Waals surface area contributed by atoms with Crippen LogP contribution in [-0.4, -0.2) is 31.6 Å². The zero-order valence-corrected chi connectivity index (χ0v) is 20.0. The molecule has 0 saturated carbocycles. The van der Waals surface area contributed by atoms with Crippen LogP contribution in [0.4, 0.5) is 0 Å². The van der Waals surface area contributed by atoms with Crippen molar-refractivity contribution in [2.75, 3.05) is 19.8 Å². The molecule has 0 fully saturated rings. The number of nitrogens with one attached hydrogen (secondary N) is 2. The topological polar surface area (TPSA) is 85.9 Å². The van der Waals surface area contributed by atoms with Crippen molar-refractivity contribution in [1.29, 1.82) is 0 Å². The van der Waals surface area contributed by atoms with Crippen molar-refractivity contribution in [3.63, 3.8) is 0 Å². The standard InChI is InChI=1S/C28H32N2O5/c1-2-3-4-10-19-33-24-17-15-22(16-18-24)27(31)29-30-28(32)25-13-8-9-14-26(25)35-21-20-34-23-11-6-5-7-12-23/h5-9,11-18H,2-4,10,19-21H2,1H3,(H,29,31)(H,30,32). The van der Waals surface area contributed by atoms with Crippen LogP contribution in [0.1, 0.15) is 53.3 Å². The molecule has 0 unspecified atom stereocenters. The second kappa shape index (κ2) is 14.3. The van der Waals surface area contributed by atoms with Crippen molar-refractivity contribution in [1.82, 2.24) is 10.9 Å². The number of unbranched alkanes of at least 4 members (excludes halogenated alkanes) is 3. The molecular formula is C28H32N2O5. The third-order valence-electron chi connectivity index (χ3n) is 5.16. The van der Waals surface area contributed by atoms with Crippen LogP contribution in [0, 0.1) is 0 Å². The van der Waals surface area contributed by atoms with Gasteiger partial charge in [-0.2, -0.15) is 0 Å². The van der Waals surface area contributed by atoms with Crippen molar-refractivity contribution in [3.8, 4) is 17.2 Å². The molecule has 7 nitrogen and oxygen atoms in total. The van der Waals surface area contributed by atoms with Gasteiger partial charge in [-0.3, -0.25) is 20.4 Å². The van der Waals surface area contributed by atoms with E-state index in [9.17, 15) is 9.59 Å². The summed E-state index contributed by atoms with van der Waals surface area (Å²) in [6, 6.07) is 23.1. The molecular weight excluding hydrogens is 444 g/mol. The molecule has 0 spiro atoms. The number of ether oxygens (including phenoxy) is 3. The normalized spacial score (nSPS) is 10.3. The van der Waals surface area contributed by atoms with Crippen LogP contribution in [0.25, 0.3) is 0 Å². The van der Waals surface area contributed by atoms with Crippen LogP contribution in [0.3, 0.4) is 0 Å². The number of benzene rings is 3. The zero-order chi connectivity index (χ0) is 24.7. The molecule has 35 heavy (non-hydrogen) atoms. The van der Waals surface area contributed by atoms with Gasteiger partial charge >= 0.3 is 0 Å². The van der Waals surface area contributed by atoms with Crippen LogP contribution in [-0.2, 0) is 0 Å². The lowest BCUT2D eigenvalue weighted by Crippen LogP contribution is -2.41. The molecule has 0 bridgehead atoms. The Morgan fingerprint density at radius 3 is 2.03 bits per heavy atom. The van der Waals surface area contributed by atoms with E-state index in [0.717, 1.165) is 18.6 Å². The molecule has 184 valence electrons. The fourth-order valence-corrected chi connectivity index (χ4v) is 3.28. The lowest BCUT2D eigenvalue weighted by molar-refractivity contribution is 0.0843. The van der Waals surface area contributed by atoms with Crippen LogP contribution >= 0.6 is 0 Å². The molecule has 3 rings (SSSR count). The Hall–Kier alpha value is -4.00. The van der Waals surface area contributed by atoms with Gasteiger partial charge in [0.2, 0.25) is 0 Å². The van der Waals surface area contributed by atoms with Crippen molar-refractivity contribution in [2.45, 2.75) is 32.6 Å². The summed E-state index contributed by atoms with van der Waals surface area (Å²) in [6.07, 6.45) is 4.54. The maximum absolute atomic E-state index is 12.6. The molecule has 0 heterocycles. The quantitative estimate of drug-likeness (QED) is 0.262. The highest BCUT2D eigenvalue weighted by molar-refractivity contribution is 6.00. The Labute approximate surface area is 206 Å². The van der Waals surface area contributed by atoms with Crippen molar-refractivity contribution >= 4 is 11.8 Å². The van der Waals surface area contributed by atoms with E-state index in [1.165, 1.54) is 12.8 Å². The third kappa shape index (κ3) is 8.70. The number of para-hydroxylation sites is 2. The van der Waals surface area contributed by atoms with Gasteiger partial charge in [-0.1, -0.05) is 56.5 Å². The molecule has 2 N–H and O–H groups in total. The lowest BCUT2D eigenvalue weighted by Gasteiger charge is -2.13. The number of hydrogen-bond donors (Lipinski definition) is 2. The lowest BCUT2D eigenvalue weighted by atomic mass is 10.2. The van der Waals surface area contributed by atoms with Crippen LogP contribution < -0.4 is 25.1 Å². The van der Waals surface area contributed by atoms with Gasteiger partial charge < -0.3 is 14.2 Å². The molecule has 0 atom stereocenters. The Bertz CT molecular complexity index is 1050. The van der Waals surface area contributed by atoms with Gasteiger partial charge in [-0.05, 0) is 55.0 Å². The highest BCUT2D eigenvalue weighted by atomic mass is 16.5. The second-order valence-electron chi connectivity index (χ2n) is 7.85. The fraction of sp³-hybridized carbons (Fsp3) is 0.286. The minimum absolute atomic E-state index is 0.262. The Morgan fingerprint density at radius 1 is 0.629 bits per heavy atom. The molecule has 3 aromatic carbocycles. The average Bonchev–Trinajstić information content (AvgIpc) is 2.90. The summed E-state index contributed by atoms with van der Waals surface area (Å²) in [4.78, 5) is 25.1. The number of amides is 2. The first kappa shape index (κ1) is 25.6. The van der Waals surface area contributed by atoms with Gasteiger partial charge in [0.25, 0.3) is 11.8 Å². The maximum Gasteiger partial charge on any atom is 0.273 e. The van der Waals surface area contributed by atoms with Gasteiger partial charge in [-0.15, -0.1) is 0 Å². The smallest absolute Gasteiger partial charge is 0.273 e. The molecule has 3 aromatic rings. The predicted molar refractivity (Wildman–Crippen MR) is 135 cm³/mol. The summed E-state index contributed by atoms with van der Waals surface area (Å²) < 4.78 is 17.0. The number of carbonyl (C=O) groups is 2. The fourth-order valence-electron chi connectivity index (χ4n) is 3.28. The predicted octanol–water partition coefficient (Wildman–Crippen LogP) is 5.18. The largest absolute Gasteiger partial charge is 0.494 e. The first-order chi connectivity index (χ1) is 17.2. The molecule has 0 saturated heterocycles. The average molecular weight is 477 g/mol. The summed E-state index contributed by atoms with van der Waals surface area (Å²) in [5.41, 5.74) is 5.59. The summed E-state index contributed by atoms with van der Waals surface area (Å²) in [5.74, 6) is 0.949. The van der Waals surface area contributed by atoms with E-state index in [2.05, 4.69) is 17.8 Å². The van der Waals surface area contributed by atoms with Crippen LogP contribution in [0.15, 0.2) is 78.9 Å². The number of hydrazine groups is 1. The molecule has 0 aliphatic rings. The van der Waals surface area contributed by atoms with E-state index in [-0.39, 0.29) is 6.61 Å². The number of carbonyl (C=O) groups excluding carboxylic acids is 2. The van der Waals surface area contributed by atoms with Gasteiger partial charge in [0.15, 0.2) is 0 Å². The highest BCUT2D eigenvalue weighted by Gasteiger charge is 2.14. The van der Waals surface area contributed by atoms with Crippen molar-refractivity contribution < 1.29 is 23.8 Å². The number of rotatable bonds is 13. The van der Waals surface area contributed by atoms with E-state index in [0.29, 0.717) is 35.8 Å². The summed E-state index contributed by atoms with van der Waals surface area (Å²) in [7, 11) is 0. The minimum Gasteiger partial charge on any atom is -0.494 e. The van der Waals surface area contributed by atoms with E-state index in [1.807, 2.05) is 30.3 Å². The third-order valence-corrected chi connectivity index (χ3v) is 5.16. The monoisotopic (exact) mass is 476 g/mol. The van der Waals surface area contributed by atoms with E-state index in [1.54, 1.807) is 48.5 Å². The Morgan fingerprint density at radius 2 is 1.26 bits per heavy atom. The van der Waals surface area contributed by atoms with Gasteiger partial charge in [0, 0.05) is 5.56 Å². The Balaban J connectivity index is 1.44. The first-order valence-corrected chi connectivity index (χ1v) is 11.9. The number of hydrogen-bond acceptors (Lipinski definition) is 5. The summed E-state index contributed by atoms with van der Waals surface area (Å²) >= 11 is 0. The molecule has 0 aromatic heterocycles. The molecule has 7 heteroatoms. The Kier molecular flexibility index (Phi) is 10.5. The maximum atomic E-state index is 12.6. The van der Waals surface area contributed by atoms with Crippen molar-refractivity contribution in [2.24, 2.45) is 0 Å². The van der Waals surface area contributed by atoms with E-state index in [4.69, 9.17) is 14.2 Å². The molecule has 0 radical (unpaired) electrons. The van der Waals surface area contributed by atoms with Crippen molar-refractivity contribution in [3.05, 3.63) is 90.0 Å². The minimum atomic E-state index is -0.482. The van der Waals surface area contributed by atoms with E-state index >= 15 is 0 Å². The highest BCUT2D eigenvalue weighted by Crippen LogP contribution is 2.18. The van der Waals surface area contributed by atoms with Crippen LogP contribution in [0.5, 0.6) is 17.2 Å². The summed E-state index contributed by atoms with van der Waals surface area (Å²) in [6.45, 7) is 3.42. The van der Waals surface area contributed by atoms with Gasteiger partial charge in [0.1, 0.15) is 30.5 Å². The first-order valence-electron chi connectivity index (χ1n) is 11.9. The zero-order valence-electron chi connectivity index (χ0n) is 20.0. The van der Waals surface area contributed by atoms with E-state index < -0.39 is 11.8 Å². The summed E-state index contributed by atoms with van der Waals surface area (Å²) in [5, 5.41) is 0. The molecule has 2 amide bonds. The van der Waals surface area contributed by atoms with Gasteiger partial charge in [-0.25, -0.2) is 0 Å². The SMILES string of the molecule is CCCCCCOc1ccc(C(=O)NNC(=O)c2ccccc2OCCOc2ccccc2)cc1. The van der Waals surface area contributed by atoms with Gasteiger partial charge in [0.05, 0.1) is 12.2 Å². The molecule has 0 aliphatic heterocycles. The van der Waals surface area contributed by atoms with Crippen LogP contribution in [0.2, 0.25) is 0 Å². The second-order valence-corrected chi connectivity index (χ2v) is 7.85.